The SMILES string of the molecule is COCCOc1cc(NC(=O)C2(n3cccn3)CCNCC2)ccc1OC. The molecule has 146 valence electrons. The lowest BCUT2D eigenvalue weighted by molar-refractivity contribution is -0.126. The highest BCUT2D eigenvalue weighted by molar-refractivity contribution is 5.97. The van der Waals surface area contributed by atoms with E-state index in [1.54, 1.807) is 43.3 Å². The van der Waals surface area contributed by atoms with E-state index in [0.29, 0.717) is 43.2 Å². The molecule has 1 amide bonds. The highest BCUT2D eigenvalue weighted by Crippen LogP contribution is 2.33. The first-order valence-electron chi connectivity index (χ1n) is 9.02. The summed E-state index contributed by atoms with van der Waals surface area (Å²) in [7, 11) is 3.20. The Kier molecular flexibility index (Phi) is 6.31. The number of nitrogens with zero attached hydrogens (tertiary/aromatic N) is 2. The Hall–Kier alpha value is -2.58. The van der Waals surface area contributed by atoms with Gasteiger partial charge in [0.1, 0.15) is 12.1 Å². The summed E-state index contributed by atoms with van der Waals surface area (Å²) >= 11 is 0. The zero-order valence-electron chi connectivity index (χ0n) is 15.7. The zero-order valence-corrected chi connectivity index (χ0v) is 15.7. The zero-order chi connectivity index (χ0) is 19.1. The monoisotopic (exact) mass is 374 g/mol. The molecule has 0 aliphatic carbocycles. The van der Waals surface area contributed by atoms with E-state index in [-0.39, 0.29) is 5.91 Å². The van der Waals surface area contributed by atoms with Crippen molar-refractivity contribution in [2.24, 2.45) is 0 Å². The maximum Gasteiger partial charge on any atom is 0.252 e. The highest BCUT2D eigenvalue weighted by Gasteiger charge is 2.42. The van der Waals surface area contributed by atoms with Crippen molar-refractivity contribution in [2.75, 3.05) is 45.8 Å². The minimum atomic E-state index is -0.703. The van der Waals surface area contributed by atoms with Gasteiger partial charge < -0.3 is 24.8 Å². The number of ether oxygens (including phenoxy) is 3. The Morgan fingerprint density at radius 1 is 1.26 bits per heavy atom. The quantitative estimate of drug-likeness (QED) is 0.683. The molecule has 2 heterocycles. The molecule has 0 bridgehead atoms. The van der Waals surface area contributed by atoms with Crippen molar-refractivity contribution in [1.29, 1.82) is 0 Å². The summed E-state index contributed by atoms with van der Waals surface area (Å²) in [4.78, 5) is 13.2. The molecule has 1 fully saturated rings. The Bertz CT molecular complexity index is 742. The van der Waals surface area contributed by atoms with Gasteiger partial charge in [0.25, 0.3) is 5.91 Å². The van der Waals surface area contributed by atoms with E-state index in [1.807, 2.05) is 12.3 Å². The average Bonchev–Trinajstić information content (AvgIpc) is 3.24. The molecule has 0 unspecified atom stereocenters. The number of carbonyl (C=O) groups is 1. The molecule has 0 saturated carbocycles. The van der Waals surface area contributed by atoms with Crippen molar-refractivity contribution in [3.05, 3.63) is 36.7 Å². The predicted octanol–water partition coefficient (Wildman–Crippen LogP) is 1.63. The van der Waals surface area contributed by atoms with Gasteiger partial charge in [0.2, 0.25) is 0 Å². The van der Waals surface area contributed by atoms with Gasteiger partial charge in [-0.25, -0.2) is 0 Å². The van der Waals surface area contributed by atoms with Crippen LogP contribution >= 0.6 is 0 Å². The number of hydrogen-bond acceptors (Lipinski definition) is 6. The van der Waals surface area contributed by atoms with Crippen LogP contribution < -0.4 is 20.1 Å². The molecule has 2 N–H and O–H groups in total. The van der Waals surface area contributed by atoms with Crippen LogP contribution in [-0.4, -0.2) is 56.2 Å². The first-order valence-corrected chi connectivity index (χ1v) is 9.02. The molecule has 27 heavy (non-hydrogen) atoms. The van der Waals surface area contributed by atoms with Crippen LogP contribution in [-0.2, 0) is 15.1 Å². The molecule has 3 rings (SSSR count). The number of amides is 1. The molecule has 1 aromatic carbocycles. The number of carbonyl (C=O) groups excluding carboxylic acids is 1. The number of nitrogens with one attached hydrogen (secondary N) is 2. The van der Waals surface area contributed by atoms with E-state index in [2.05, 4.69) is 15.7 Å². The van der Waals surface area contributed by atoms with Crippen LogP contribution in [0.3, 0.4) is 0 Å². The molecule has 0 atom stereocenters. The third-order valence-corrected chi connectivity index (χ3v) is 4.76. The van der Waals surface area contributed by atoms with Crippen molar-refractivity contribution in [1.82, 2.24) is 15.1 Å². The predicted molar refractivity (Wildman–Crippen MR) is 101 cm³/mol. The Morgan fingerprint density at radius 3 is 2.74 bits per heavy atom. The topological polar surface area (TPSA) is 86.6 Å². The summed E-state index contributed by atoms with van der Waals surface area (Å²) < 4.78 is 17.8. The lowest BCUT2D eigenvalue weighted by Crippen LogP contribution is -2.52. The van der Waals surface area contributed by atoms with Crippen LogP contribution in [0.1, 0.15) is 12.8 Å². The van der Waals surface area contributed by atoms with Crippen molar-refractivity contribution >= 4 is 11.6 Å². The van der Waals surface area contributed by atoms with Gasteiger partial charge in [-0.1, -0.05) is 0 Å². The lowest BCUT2D eigenvalue weighted by Gasteiger charge is -2.36. The Balaban J connectivity index is 1.80. The maximum absolute atomic E-state index is 13.2. The van der Waals surface area contributed by atoms with E-state index in [4.69, 9.17) is 14.2 Å². The van der Waals surface area contributed by atoms with Gasteiger partial charge in [0.05, 0.1) is 13.7 Å². The molecule has 2 aromatic rings. The fourth-order valence-corrected chi connectivity index (χ4v) is 3.27. The van der Waals surface area contributed by atoms with E-state index < -0.39 is 5.54 Å². The van der Waals surface area contributed by atoms with Gasteiger partial charge >= 0.3 is 0 Å². The minimum absolute atomic E-state index is 0.0827. The first-order chi connectivity index (χ1) is 13.2. The van der Waals surface area contributed by atoms with Crippen molar-refractivity contribution < 1.29 is 19.0 Å². The van der Waals surface area contributed by atoms with Crippen LogP contribution in [0.5, 0.6) is 11.5 Å². The van der Waals surface area contributed by atoms with Gasteiger partial charge in [0.15, 0.2) is 11.5 Å². The first kappa shape index (κ1) is 19.2. The Labute approximate surface area is 158 Å². The van der Waals surface area contributed by atoms with Crippen LogP contribution in [0.2, 0.25) is 0 Å². The number of benzene rings is 1. The fourth-order valence-electron chi connectivity index (χ4n) is 3.27. The summed E-state index contributed by atoms with van der Waals surface area (Å²) in [5.41, 5.74) is -0.0514. The van der Waals surface area contributed by atoms with Crippen LogP contribution in [0.15, 0.2) is 36.7 Å². The van der Waals surface area contributed by atoms with Crippen LogP contribution in [0.25, 0.3) is 0 Å². The van der Waals surface area contributed by atoms with Gasteiger partial charge in [-0.15, -0.1) is 0 Å². The van der Waals surface area contributed by atoms with Crippen molar-refractivity contribution in [3.8, 4) is 11.5 Å². The molecule has 0 spiro atoms. The van der Waals surface area contributed by atoms with Crippen molar-refractivity contribution in [2.45, 2.75) is 18.4 Å². The normalized spacial score (nSPS) is 15.9. The molecule has 1 aliphatic heterocycles. The summed E-state index contributed by atoms with van der Waals surface area (Å²) in [5, 5.41) is 10.7. The van der Waals surface area contributed by atoms with E-state index in [0.717, 1.165) is 13.1 Å². The van der Waals surface area contributed by atoms with Gasteiger partial charge in [-0.05, 0) is 44.1 Å². The third-order valence-electron chi connectivity index (χ3n) is 4.76. The number of rotatable bonds is 8. The molecular weight excluding hydrogens is 348 g/mol. The molecular formula is C19H26N4O4. The largest absolute Gasteiger partial charge is 0.493 e. The van der Waals surface area contributed by atoms with Crippen LogP contribution in [0, 0.1) is 0 Å². The van der Waals surface area contributed by atoms with Gasteiger partial charge in [-0.2, -0.15) is 5.10 Å². The lowest BCUT2D eigenvalue weighted by atomic mass is 9.87. The van der Waals surface area contributed by atoms with Gasteiger partial charge in [-0.3, -0.25) is 9.48 Å². The van der Waals surface area contributed by atoms with E-state index in [1.165, 1.54) is 0 Å². The molecule has 1 saturated heterocycles. The molecule has 8 nitrogen and oxygen atoms in total. The van der Waals surface area contributed by atoms with Crippen LogP contribution in [0.4, 0.5) is 5.69 Å². The number of anilines is 1. The fraction of sp³-hybridized carbons (Fsp3) is 0.474. The number of aromatic nitrogens is 2. The third kappa shape index (κ3) is 4.23. The highest BCUT2D eigenvalue weighted by atomic mass is 16.5. The second-order valence-corrected chi connectivity index (χ2v) is 6.39. The second kappa shape index (κ2) is 8.88. The van der Waals surface area contributed by atoms with Crippen molar-refractivity contribution in [3.63, 3.8) is 0 Å². The number of piperidine rings is 1. The molecule has 0 radical (unpaired) electrons. The smallest absolute Gasteiger partial charge is 0.252 e. The summed E-state index contributed by atoms with van der Waals surface area (Å²) in [5.74, 6) is 1.08. The summed E-state index contributed by atoms with van der Waals surface area (Å²) in [6.07, 6.45) is 4.89. The van der Waals surface area contributed by atoms with E-state index in [9.17, 15) is 4.79 Å². The molecule has 1 aromatic heterocycles. The maximum atomic E-state index is 13.2. The minimum Gasteiger partial charge on any atom is -0.493 e. The average molecular weight is 374 g/mol. The Morgan fingerprint density at radius 2 is 2.07 bits per heavy atom. The van der Waals surface area contributed by atoms with Gasteiger partial charge in [0, 0.05) is 31.3 Å². The summed E-state index contributed by atoms with van der Waals surface area (Å²) in [6, 6.07) is 7.19. The second-order valence-electron chi connectivity index (χ2n) is 6.39. The standard InChI is InChI=1S/C19H26N4O4/c1-25-12-13-27-17-14-15(4-5-16(17)26-2)22-18(24)19(6-9-20-10-7-19)23-11-3-8-21-23/h3-5,8,11,14,20H,6-7,9-10,12-13H2,1-2H3,(H,22,24). The van der Waals surface area contributed by atoms with E-state index >= 15 is 0 Å². The molecule has 1 aliphatic rings. The summed E-state index contributed by atoms with van der Waals surface area (Å²) in [6.45, 7) is 2.39. The molecule has 8 heteroatoms. The number of methoxy groups -OCH3 is 2. The number of hydrogen-bond donors (Lipinski definition) is 2.